The van der Waals surface area contributed by atoms with Gasteiger partial charge in [0, 0.05) is 5.75 Å². The summed E-state index contributed by atoms with van der Waals surface area (Å²) in [5.41, 5.74) is 5.91. The first-order chi connectivity index (χ1) is 11.7. The van der Waals surface area contributed by atoms with Crippen LogP contribution in [-0.4, -0.2) is 40.6 Å². The van der Waals surface area contributed by atoms with E-state index < -0.39 is 6.10 Å². The second-order valence-corrected chi connectivity index (χ2v) is 6.86. The molecule has 0 saturated carbocycles. The highest BCUT2D eigenvalue weighted by atomic mass is 32.2. The molecular formula is C16H17N3O3S2. The van der Waals surface area contributed by atoms with Crippen molar-refractivity contribution in [3.63, 3.8) is 0 Å². The molecule has 2 aromatic heterocycles. The molecule has 6 nitrogen and oxygen atoms in total. The molecule has 1 unspecified atom stereocenters. The number of thioether (sulfide) groups is 1. The minimum Gasteiger partial charge on any atom is -0.497 e. The van der Waals surface area contributed by atoms with Gasteiger partial charge in [0.1, 0.15) is 28.8 Å². The van der Waals surface area contributed by atoms with Crippen molar-refractivity contribution in [1.82, 2.24) is 9.97 Å². The summed E-state index contributed by atoms with van der Waals surface area (Å²) in [7, 11) is 1.61. The average Bonchev–Trinajstić information content (AvgIpc) is 3.08. The molecule has 24 heavy (non-hydrogen) atoms. The Morgan fingerprint density at radius 2 is 1.96 bits per heavy atom. The van der Waals surface area contributed by atoms with Gasteiger partial charge < -0.3 is 20.3 Å². The van der Waals surface area contributed by atoms with E-state index in [9.17, 15) is 5.11 Å². The van der Waals surface area contributed by atoms with Crippen molar-refractivity contribution in [2.24, 2.45) is 0 Å². The Morgan fingerprint density at radius 1 is 1.21 bits per heavy atom. The molecule has 0 amide bonds. The van der Waals surface area contributed by atoms with Gasteiger partial charge in [-0.3, -0.25) is 0 Å². The lowest BCUT2D eigenvalue weighted by molar-refractivity contribution is 0.126. The number of aliphatic hydroxyl groups is 1. The highest BCUT2D eigenvalue weighted by Crippen LogP contribution is 2.26. The summed E-state index contributed by atoms with van der Waals surface area (Å²) in [4.78, 5) is 9.54. The monoisotopic (exact) mass is 363 g/mol. The Morgan fingerprint density at radius 3 is 2.71 bits per heavy atom. The Labute approximate surface area is 147 Å². The molecule has 126 valence electrons. The standard InChI is InChI=1S/C16H17N3O3S2/c1-21-11-2-4-12(5-3-11)22-8-10(20)9-24-16-18-14(17)13-6-7-23-15(13)19-16/h2-7,10,20H,8-9H2,1H3,(H2,17,18,19). The molecule has 0 aliphatic rings. The highest BCUT2D eigenvalue weighted by Gasteiger charge is 2.11. The number of fused-ring (bicyclic) bond motifs is 1. The lowest BCUT2D eigenvalue weighted by atomic mass is 10.3. The minimum absolute atomic E-state index is 0.191. The van der Waals surface area contributed by atoms with E-state index in [1.807, 2.05) is 23.6 Å². The molecule has 0 saturated heterocycles. The SMILES string of the molecule is COc1ccc(OCC(O)CSc2nc(N)c3ccsc3n2)cc1. The number of rotatable bonds is 7. The fraction of sp³-hybridized carbons (Fsp3) is 0.250. The largest absolute Gasteiger partial charge is 0.497 e. The van der Waals surface area contributed by atoms with Crippen LogP contribution < -0.4 is 15.2 Å². The molecule has 0 spiro atoms. The third-order valence-corrected chi connectivity index (χ3v) is 5.04. The Hall–Kier alpha value is -2.03. The summed E-state index contributed by atoms with van der Waals surface area (Å²) in [6.07, 6.45) is -0.638. The smallest absolute Gasteiger partial charge is 0.190 e. The van der Waals surface area contributed by atoms with Crippen molar-refractivity contribution in [2.75, 3.05) is 25.2 Å². The van der Waals surface area contributed by atoms with Crippen molar-refractivity contribution in [1.29, 1.82) is 0 Å². The molecule has 1 atom stereocenters. The zero-order chi connectivity index (χ0) is 16.9. The van der Waals surface area contributed by atoms with E-state index in [1.54, 1.807) is 19.2 Å². The first kappa shape index (κ1) is 16.8. The first-order valence-corrected chi connectivity index (χ1v) is 9.10. The van der Waals surface area contributed by atoms with E-state index in [4.69, 9.17) is 15.2 Å². The van der Waals surface area contributed by atoms with E-state index in [-0.39, 0.29) is 6.61 Å². The highest BCUT2D eigenvalue weighted by molar-refractivity contribution is 7.99. The third kappa shape index (κ3) is 4.08. The summed E-state index contributed by atoms with van der Waals surface area (Å²) in [5, 5.41) is 13.4. The summed E-state index contributed by atoms with van der Waals surface area (Å²) < 4.78 is 10.6. The number of anilines is 1. The Kier molecular flexibility index (Phi) is 5.39. The molecule has 0 fully saturated rings. The number of benzene rings is 1. The molecule has 0 bridgehead atoms. The molecule has 2 heterocycles. The Balaban J connectivity index is 1.51. The molecule has 1 aromatic carbocycles. The molecular weight excluding hydrogens is 346 g/mol. The molecule has 3 N–H and O–H groups in total. The van der Waals surface area contributed by atoms with E-state index in [0.29, 0.717) is 22.5 Å². The van der Waals surface area contributed by atoms with E-state index in [1.165, 1.54) is 23.1 Å². The predicted molar refractivity (Wildman–Crippen MR) is 97.0 cm³/mol. The van der Waals surface area contributed by atoms with E-state index >= 15 is 0 Å². The zero-order valence-corrected chi connectivity index (χ0v) is 14.6. The maximum absolute atomic E-state index is 10.1. The molecule has 0 radical (unpaired) electrons. The van der Waals surface area contributed by atoms with Gasteiger partial charge in [-0.25, -0.2) is 9.97 Å². The van der Waals surface area contributed by atoms with Gasteiger partial charge >= 0.3 is 0 Å². The van der Waals surface area contributed by atoms with Gasteiger partial charge in [0.05, 0.1) is 18.6 Å². The van der Waals surface area contributed by atoms with Crippen LogP contribution in [0.15, 0.2) is 40.9 Å². The van der Waals surface area contributed by atoms with E-state index in [0.717, 1.165) is 16.0 Å². The van der Waals surface area contributed by atoms with Crippen LogP contribution in [0.2, 0.25) is 0 Å². The number of nitrogen functional groups attached to an aromatic ring is 1. The lowest BCUT2D eigenvalue weighted by Crippen LogP contribution is -2.20. The zero-order valence-electron chi connectivity index (χ0n) is 13.0. The predicted octanol–water partition coefficient (Wildman–Crippen LogP) is 2.81. The van der Waals surface area contributed by atoms with Gasteiger partial charge in [0.25, 0.3) is 0 Å². The van der Waals surface area contributed by atoms with Crippen LogP contribution in [0.1, 0.15) is 0 Å². The summed E-state index contributed by atoms with van der Waals surface area (Å²) in [5.74, 6) is 2.33. The van der Waals surface area contributed by atoms with Gasteiger partial charge in [-0.05, 0) is 35.7 Å². The van der Waals surface area contributed by atoms with Crippen molar-refractivity contribution in [3.8, 4) is 11.5 Å². The number of aliphatic hydroxyl groups excluding tert-OH is 1. The first-order valence-electron chi connectivity index (χ1n) is 7.24. The molecule has 0 aliphatic heterocycles. The lowest BCUT2D eigenvalue weighted by Gasteiger charge is -2.12. The van der Waals surface area contributed by atoms with Crippen molar-refractivity contribution < 1.29 is 14.6 Å². The Bertz CT molecular complexity index is 808. The maximum Gasteiger partial charge on any atom is 0.190 e. The van der Waals surface area contributed by atoms with Crippen LogP contribution in [0.3, 0.4) is 0 Å². The van der Waals surface area contributed by atoms with Crippen LogP contribution >= 0.6 is 23.1 Å². The van der Waals surface area contributed by atoms with Gasteiger partial charge in [0.2, 0.25) is 0 Å². The maximum atomic E-state index is 10.1. The fourth-order valence-corrected chi connectivity index (χ4v) is 3.59. The normalized spacial score (nSPS) is 12.2. The third-order valence-electron chi connectivity index (χ3n) is 3.24. The van der Waals surface area contributed by atoms with Crippen LogP contribution in [0.4, 0.5) is 5.82 Å². The van der Waals surface area contributed by atoms with Gasteiger partial charge in [-0.15, -0.1) is 11.3 Å². The van der Waals surface area contributed by atoms with Crippen molar-refractivity contribution in [3.05, 3.63) is 35.7 Å². The van der Waals surface area contributed by atoms with Gasteiger partial charge in [-0.2, -0.15) is 0 Å². The van der Waals surface area contributed by atoms with Crippen LogP contribution in [0.5, 0.6) is 11.5 Å². The average molecular weight is 363 g/mol. The van der Waals surface area contributed by atoms with Crippen molar-refractivity contribution >= 4 is 39.1 Å². The minimum atomic E-state index is -0.638. The number of hydrogen-bond acceptors (Lipinski definition) is 8. The second-order valence-electron chi connectivity index (χ2n) is 4.98. The number of thiophene rings is 1. The summed E-state index contributed by atoms with van der Waals surface area (Å²) in [6.45, 7) is 0.191. The number of aromatic nitrogens is 2. The topological polar surface area (TPSA) is 90.5 Å². The molecule has 8 heteroatoms. The quantitative estimate of drug-likeness (QED) is 0.493. The van der Waals surface area contributed by atoms with Crippen molar-refractivity contribution in [2.45, 2.75) is 11.3 Å². The van der Waals surface area contributed by atoms with Crippen LogP contribution in [0, 0.1) is 0 Å². The van der Waals surface area contributed by atoms with Gasteiger partial charge in [-0.1, -0.05) is 11.8 Å². The van der Waals surface area contributed by atoms with Crippen LogP contribution in [0.25, 0.3) is 10.2 Å². The fourth-order valence-electron chi connectivity index (χ4n) is 2.01. The number of ether oxygens (including phenoxy) is 2. The summed E-state index contributed by atoms with van der Waals surface area (Å²) in [6, 6.07) is 9.12. The van der Waals surface area contributed by atoms with E-state index in [2.05, 4.69) is 9.97 Å². The number of methoxy groups -OCH3 is 1. The number of hydrogen-bond donors (Lipinski definition) is 2. The van der Waals surface area contributed by atoms with Gasteiger partial charge in [0.15, 0.2) is 5.16 Å². The number of nitrogens with zero attached hydrogens (tertiary/aromatic N) is 2. The van der Waals surface area contributed by atoms with Crippen LogP contribution in [-0.2, 0) is 0 Å². The molecule has 3 rings (SSSR count). The number of nitrogens with two attached hydrogens (primary N) is 1. The summed E-state index contributed by atoms with van der Waals surface area (Å²) >= 11 is 2.88. The second kappa shape index (κ2) is 7.69. The molecule has 3 aromatic rings. The molecule has 0 aliphatic carbocycles.